The molecule has 0 amide bonds. The van der Waals surface area contributed by atoms with Crippen molar-refractivity contribution in [2.45, 2.75) is 25.8 Å². The van der Waals surface area contributed by atoms with Crippen LogP contribution < -0.4 is 10.6 Å². The van der Waals surface area contributed by atoms with Crippen LogP contribution in [0.3, 0.4) is 0 Å². The second-order valence-electron chi connectivity index (χ2n) is 4.62. The Balaban J connectivity index is 1.74. The predicted octanol–water partition coefficient (Wildman–Crippen LogP) is 3.73. The Morgan fingerprint density at radius 1 is 1.30 bits per heavy atom. The number of benzene rings is 1. The van der Waals surface area contributed by atoms with Gasteiger partial charge < -0.3 is 15.1 Å². The molecule has 0 aliphatic carbocycles. The molecule has 1 atom stereocenters. The van der Waals surface area contributed by atoms with Crippen LogP contribution in [0.4, 0.5) is 10.1 Å². The molecule has 1 aromatic carbocycles. The summed E-state index contributed by atoms with van der Waals surface area (Å²) in [6.07, 6.45) is 3.45. The Morgan fingerprint density at radius 2 is 2.05 bits per heavy atom. The van der Waals surface area contributed by atoms with Gasteiger partial charge in [0.1, 0.15) is 11.6 Å². The van der Waals surface area contributed by atoms with Gasteiger partial charge in [-0.1, -0.05) is 0 Å². The van der Waals surface area contributed by atoms with Gasteiger partial charge in [0.15, 0.2) is 5.11 Å². The van der Waals surface area contributed by atoms with Crippen LogP contribution in [0.5, 0.6) is 0 Å². The van der Waals surface area contributed by atoms with Gasteiger partial charge >= 0.3 is 0 Å². The zero-order valence-electron chi connectivity index (χ0n) is 11.2. The van der Waals surface area contributed by atoms with Crippen molar-refractivity contribution < 1.29 is 8.81 Å². The molecule has 3 nitrogen and oxygen atoms in total. The molecule has 2 aromatic rings. The van der Waals surface area contributed by atoms with Crippen molar-refractivity contribution in [2.75, 3.05) is 5.32 Å². The average molecular weight is 292 g/mol. The van der Waals surface area contributed by atoms with Gasteiger partial charge in [0, 0.05) is 18.2 Å². The van der Waals surface area contributed by atoms with Crippen molar-refractivity contribution >= 4 is 23.0 Å². The van der Waals surface area contributed by atoms with Crippen molar-refractivity contribution in [1.82, 2.24) is 5.32 Å². The molecular formula is C15H17FN2OS. The largest absolute Gasteiger partial charge is 0.469 e. The van der Waals surface area contributed by atoms with E-state index in [1.165, 1.54) is 12.1 Å². The molecule has 0 aliphatic rings. The summed E-state index contributed by atoms with van der Waals surface area (Å²) in [5.74, 6) is 0.706. The van der Waals surface area contributed by atoms with E-state index in [1.54, 1.807) is 18.4 Å². The Bertz CT molecular complexity index is 540. The highest BCUT2D eigenvalue weighted by Crippen LogP contribution is 2.09. The first-order valence-electron chi connectivity index (χ1n) is 6.49. The third-order valence-electron chi connectivity index (χ3n) is 2.88. The zero-order valence-corrected chi connectivity index (χ0v) is 12.0. The number of hydrogen-bond acceptors (Lipinski definition) is 2. The molecule has 0 bridgehead atoms. The monoisotopic (exact) mass is 292 g/mol. The highest BCUT2D eigenvalue weighted by molar-refractivity contribution is 7.80. The summed E-state index contributed by atoms with van der Waals surface area (Å²) in [6.45, 7) is 2.06. The van der Waals surface area contributed by atoms with E-state index in [2.05, 4.69) is 17.6 Å². The maximum absolute atomic E-state index is 12.8. The van der Waals surface area contributed by atoms with E-state index in [1.807, 2.05) is 12.1 Å². The fraction of sp³-hybridized carbons (Fsp3) is 0.267. The molecule has 0 aliphatic heterocycles. The lowest BCUT2D eigenvalue weighted by molar-refractivity contribution is 0.483. The molecule has 1 heterocycles. The maximum Gasteiger partial charge on any atom is 0.170 e. The number of furan rings is 1. The van der Waals surface area contributed by atoms with Crippen molar-refractivity contribution in [3.05, 3.63) is 54.2 Å². The van der Waals surface area contributed by atoms with Crippen LogP contribution in [0.25, 0.3) is 0 Å². The molecule has 106 valence electrons. The molecule has 2 N–H and O–H groups in total. The number of halogens is 1. The summed E-state index contributed by atoms with van der Waals surface area (Å²) in [5, 5.41) is 6.74. The standard InChI is InChI=1S/C15H17FN2OS/c1-11(4-9-14-3-2-10-19-14)17-15(20)18-13-7-5-12(16)6-8-13/h2-3,5-8,10-11H,4,9H2,1H3,(H2,17,18,20)/t11-/m1/s1. The molecule has 0 saturated carbocycles. The van der Waals surface area contributed by atoms with Crippen molar-refractivity contribution in [2.24, 2.45) is 0 Å². The molecule has 1 aromatic heterocycles. The Morgan fingerprint density at radius 3 is 2.70 bits per heavy atom. The normalized spacial score (nSPS) is 11.9. The van der Waals surface area contributed by atoms with Gasteiger partial charge in [0.05, 0.1) is 6.26 Å². The van der Waals surface area contributed by atoms with Gasteiger partial charge in [-0.3, -0.25) is 0 Å². The summed E-state index contributed by atoms with van der Waals surface area (Å²) in [5.41, 5.74) is 0.766. The maximum atomic E-state index is 12.8. The predicted molar refractivity (Wildman–Crippen MR) is 82.2 cm³/mol. The highest BCUT2D eigenvalue weighted by atomic mass is 32.1. The Kier molecular flexibility index (Phi) is 5.12. The molecule has 0 fully saturated rings. The Hall–Kier alpha value is -1.88. The SMILES string of the molecule is C[C@H](CCc1ccco1)NC(=S)Nc1ccc(F)cc1. The van der Waals surface area contributed by atoms with Crippen molar-refractivity contribution in [3.8, 4) is 0 Å². The summed E-state index contributed by atoms with van der Waals surface area (Å²) in [7, 11) is 0. The Labute approximate surface area is 123 Å². The quantitative estimate of drug-likeness (QED) is 0.824. The van der Waals surface area contributed by atoms with E-state index in [9.17, 15) is 4.39 Å². The van der Waals surface area contributed by atoms with Crippen LogP contribution in [0, 0.1) is 5.82 Å². The van der Waals surface area contributed by atoms with Crippen LogP contribution >= 0.6 is 12.2 Å². The summed E-state index contributed by atoms with van der Waals surface area (Å²) in [4.78, 5) is 0. The van der Waals surface area contributed by atoms with Crippen LogP contribution in [-0.4, -0.2) is 11.2 Å². The second-order valence-corrected chi connectivity index (χ2v) is 5.03. The summed E-state index contributed by atoms with van der Waals surface area (Å²) < 4.78 is 18.1. The third-order valence-corrected chi connectivity index (χ3v) is 3.10. The molecular weight excluding hydrogens is 275 g/mol. The van der Waals surface area contributed by atoms with Gasteiger partial charge in [0.2, 0.25) is 0 Å². The van der Waals surface area contributed by atoms with Gasteiger partial charge in [-0.15, -0.1) is 0 Å². The van der Waals surface area contributed by atoms with Gasteiger partial charge in [-0.2, -0.15) is 0 Å². The van der Waals surface area contributed by atoms with Crippen LogP contribution in [0.1, 0.15) is 19.1 Å². The number of anilines is 1. The topological polar surface area (TPSA) is 37.2 Å². The molecule has 2 rings (SSSR count). The fourth-order valence-electron chi connectivity index (χ4n) is 1.81. The minimum atomic E-state index is -0.263. The number of hydrogen-bond donors (Lipinski definition) is 2. The van der Waals surface area contributed by atoms with Crippen LogP contribution in [0.15, 0.2) is 47.1 Å². The fourth-order valence-corrected chi connectivity index (χ4v) is 2.13. The smallest absolute Gasteiger partial charge is 0.170 e. The van der Waals surface area contributed by atoms with Gasteiger partial charge in [-0.05, 0) is 62.0 Å². The molecule has 0 radical (unpaired) electrons. The molecule has 5 heteroatoms. The van der Waals surface area contributed by atoms with Crippen LogP contribution in [-0.2, 0) is 6.42 Å². The minimum Gasteiger partial charge on any atom is -0.469 e. The lowest BCUT2D eigenvalue weighted by atomic mass is 10.1. The van der Waals surface area contributed by atoms with Crippen LogP contribution in [0.2, 0.25) is 0 Å². The van der Waals surface area contributed by atoms with E-state index >= 15 is 0 Å². The third kappa shape index (κ3) is 4.66. The van der Waals surface area contributed by atoms with E-state index in [4.69, 9.17) is 16.6 Å². The van der Waals surface area contributed by atoms with Gasteiger partial charge in [-0.25, -0.2) is 4.39 Å². The number of nitrogens with one attached hydrogen (secondary N) is 2. The molecule has 0 saturated heterocycles. The summed E-state index contributed by atoms with van der Waals surface area (Å²) in [6, 6.07) is 10.2. The molecule has 0 unspecified atom stereocenters. The van der Waals surface area contributed by atoms with Crippen molar-refractivity contribution in [1.29, 1.82) is 0 Å². The first-order chi connectivity index (χ1) is 9.63. The van der Waals surface area contributed by atoms with E-state index in [-0.39, 0.29) is 11.9 Å². The van der Waals surface area contributed by atoms with E-state index in [0.29, 0.717) is 5.11 Å². The highest BCUT2D eigenvalue weighted by Gasteiger charge is 2.06. The summed E-state index contributed by atoms with van der Waals surface area (Å²) >= 11 is 5.22. The first-order valence-corrected chi connectivity index (χ1v) is 6.90. The van der Waals surface area contributed by atoms with E-state index < -0.39 is 0 Å². The number of aryl methyl sites for hydroxylation is 1. The molecule has 0 spiro atoms. The van der Waals surface area contributed by atoms with Gasteiger partial charge in [0.25, 0.3) is 0 Å². The number of thiocarbonyl (C=S) groups is 1. The average Bonchev–Trinajstić information content (AvgIpc) is 2.92. The lowest BCUT2D eigenvalue weighted by Gasteiger charge is -2.16. The zero-order chi connectivity index (χ0) is 14.4. The van der Waals surface area contributed by atoms with E-state index in [0.717, 1.165) is 24.3 Å². The second kappa shape index (κ2) is 7.05. The molecule has 20 heavy (non-hydrogen) atoms. The van der Waals surface area contributed by atoms with Crippen molar-refractivity contribution in [3.63, 3.8) is 0 Å². The minimum absolute atomic E-state index is 0.223. The lowest BCUT2D eigenvalue weighted by Crippen LogP contribution is -2.36. The first kappa shape index (κ1) is 14.5. The number of rotatable bonds is 5.